The molecule has 1 unspecified atom stereocenters. The van der Waals surface area contributed by atoms with Crippen LogP contribution >= 0.6 is 0 Å². The van der Waals surface area contributed by atoms with Crippen LogP contribution in [-0.2, 0) is 12.8 Å². The lowest BCUT2D eigenvalue weighted by Gasteiger charge is -2.28. The molecule has 1 atom stereocenters. The Morgan fingerprint density at radius 2 is 1.48 bits per heavy atom. The number of hydrogen-bond acceptors (Lipinski definition) is 4. The molecule has 0 bridgehead atoms. The second kappa shape index (κ2) is 8.86. The minimum Gasteiger partial charge on any atom is -0.496 e. The molecule has 0 spiro atoms. The van der Waals surface area contributed by atoms with Crippen molar-refractivity contribution < 1.29 is 18.9 Å². The molecule has 0 saturated carbocycles. The van der Waals surface area contributed by atoms with Crippen molar-refractivity contribution in [2.45, 2.75) is 31.6 Å². The van der Waals surface area contributed by atoms with Gasteiger partial charge in [0.15, 0.2) is 11.5 Å². The zero-order chi connectivity index (χ0) is 22.9. The zero-order valence-electron chi connectivity index (χ0n) is 19.7. The van der Waals surface area contributed by atoms with Crippen LogP contribution in [0.25, 0.3) is 21.5 Å². The minimum absolute atomic E-state index is 0.475. The first-order valence-electron chi connectivity index (χ1n) is 11.5. The molecule has 4 aromatic carbocycles. The minimum atomic E-state index is 0.475. The van der Waals surface area contributed by atoms with Gasteiger partial charge in [-0.2, -0.15) is 0 Å². The summed E-state index contributed by atoms with van der Waals surface area (Å²) in [5.41, 5.74) is 4.17. The highest BCUT2D eigenvalue weighted by atomic mass is 16.5. The van der Waals surface area contributed by atoms with Crippen LogP contribution in [-0.4, -0.2) is 28.4 Å². The normalized spacial score (nSPS) is 15.3. The van der Waals surface area contributed by atoms with Crippen molar-refractivity contribution in [3.63, 3.8) is 0 Å². The van der Waals surface area contributed by atoms with E-state index < -0.39 is 0 Å². The van der Waals surface area contributed by atoms with Crippen LogP contribution in [0.2, 0.25) is 0 Å². The van der Waals surface area contributed by atoms with Crippen molar-refractivity contribution in [1.29, 1.82) is 0 Å². The predicted octanol–water partition coefficient (Wildman–Crippen LogP) is 6.69. The summed E-state index contributed by atoms with van der Waals surface area (Å²) < 4.78 is 22.4. The van der Waals surface area contributed by atoms with Crippen LogP contribution in [0.15, 0.2) is 54.6 Å². The van der Waals surface area contributed by atoms with Crippen LogP contribution in [0.3, 0.4) is 0 Å². The summed E-state index contributed by atoms with van der Waals surface area (Å²) in [6, 6.07) is 19.3. The molecule has 1 aliphatic rings. The topological polar surface area (TPSA) is 36.9 Å². The summed E-state index contributed by atoms with van der Waals surface area (Å²) in [6.45, 7) is 0. The third-order valence-electron chi connectivity index (χ3n) is 7.02. The van der Waals surface area contributed by atoms with Crippen molar-refractivity contribution in [2.75, 3.05) is 28.4 Å². The van der Waals surface area contributed by atoms with Crippen LogP contribution in [0.1, 0.15) is 35.4 Å². The largest absolute Gasteiger partial charge is 0.496 e. The third-order valence-corrected chi connectivity index (χ3v) is 7.02. The molecule has 0 fully saturated rings. The summed E-state index contributed by atoms with van der Waals surface area (Å²) in [5, 5.41) is 4.76. The molecule has 0 heterocycles. The van der Waals surface area contributed by atoms with Gasteiger partial charge in [-0.3, -0.25) is 0 Å². The maximum Gasteiger partial charge on any atom is 0.160 e. The summed E-state index contributed by atoms with van der Waals surface area (Å²) in [4.78, 5) is 0. The van der Waals surface area contributed by atoms with E-state index in [0.29, 0.717) is 5.92 Å². The number of aryl methyl sites for hydroxylation is 1. The summed E-state index contributed by atoms with van der Waals surface area (Å²) in [6.07, 6.45) is 4.44. The van der Waals surface area contributed by atoms with Gasteiger partial charge in [-0.25, -0.2) is 0 Å². The van der Waals surface area contributed by atoms with Crippen molar-refractivity contribution in [3.05, 3.63) is 71.3 Å². The van der Waals surface area contributed by atoms with Crippen molar-refractivity contribution in [3.8, 4) is 23.0 Å². The molecule has 0 saturated heterocycles. The molecule has 4 nitrogen and oxygen atoms in total. The highest BCUT2D eigenvalue weighted by molar-refractivity contribution is 6.13. The molecule has 4 heteroatoms. The van der Waals surface area contributed by atoms with Gasteiger partial charge in [0.25, 0.3) is 0 Å². The Balaban J connectivity index is 1.62. The standard InChI is InChI=1S/C29H30O4/c1-30-25-14-11-18(16-27(25)32-3)15-19-7-5-8-21-20(19)12-13-22-23-9-6-10-26(31-2)29(23)28(33-4)17-24(21)22/h6,9-14,16-17,19H,5,7-8,15H2,1-4H3. The average molecular weight is 443 g/mol. The fourth-order valence-corrected chi connectivity index (χ4v) is 5.47. The lowest BCUT2D eigenvalue weighted by Crippen LogP contribution is -2.13. The number of rotatable bonds is 6. The maximum atomic E-state index is 5.83. The lowest BCUT2D eigenvalue weighted by molar-refractivity contribution is 0.354. The molecule has 0 radical (unpaired) electrons. The van der Waals surface area contributed by atoms with Gasteiger partial charge in [0, 0.05) is 0 Å². The van der Waals surface area contributed by atoms with Crippen molar-refractivity contribution >= 4 is 21.5 Å². The zero-order valence-corrected chi connectivity index (χ0v) is 19.7. The van der Waals surface area contributed by atoms with Crippen LogP contribution in [0.4, 0.5) is 0 Å². The fourth-order valence-electron chi connectivity index (χ4n) is 5.47. The van der Waals surface area contributed by atoms with E-state index in [1.165, 1.54) is 45.7 Å². The Hall–Kier alpha value is -3.40. The molecule has 0 aliphatic heterocycles. The van der Waals surface area contributed by atoms with Gasteiger partial charge < -0.3 is 18.9 Å². The average Bonchev–Trinajstić information content (AvgIpc) is 2.87. The van der Waals surface area contributed by atoms with Gasteiger partial charge in [0.2, 0.25) is 0 Å². The fraction of sp³-hybridized carbons (Fsp3) is 0.310. The Kier molecular flexibility index (Phi) is 5.76. The van der Waals surface area contributed by atoms with Gasteiger partial charge in [0.1, 0.15) is 11.5 Å². The second-order valence-electron chi connectivity index (χ2n) is 8.67. The number of fused-ring (bicyclic) bond motifs is 5. The van der Waals surface area contributed by atoms with E-state index in [1.807, 2.05) is 12.1 Å². The Bertz CT molecular complexity index is 1320. The number of ether oxygens (including phenoxy) is 4. The van der Waals surface area contributed by atoms with Gasteiger partial charge in [0.05, 0.1) is 33.8 Å². The smallest absolute Gasteiger partial charge is 0.160 e. The summed E-state index contributed by atoms with van der Waals surface area (Å²) >= 11 is 0. The highest BCUT2D eigenvalue weighted by Gasteiger charge is 2.24. The van der Waals surface area contributed by atoms with E-state index in [9.17, 15) is 0 Å². The van der Waals surface area contributed by atoms with E-state index in [0.717, 1.165) is 41.2 Å². The molecule has 0 amide bonds. The van der Waals surface area contributed by atoms with Crippen LogP contribution in [0.5, 0.6) is 23.0 Å². The van der Waals surface area contributed by atoms with Crippen molar-refractivity contribution in [2.24, 2.45) is 0 Å². The molecule has 1 aliphatic carbocycles. The van der Waals surface area contributed by atoms with E-state index in [2.05, 4.69) is 42.5 Å². The predicted molar refractivity (Wildman–Crippen MR) is 133 cm³/mol. The molecule has 0 N–H and O–H groups in total. The van der Waals surface area contributed by atoms with E-state index in [-0.39, 0.29) is 0 Å². The molecule has 5 rings (SSSR count). The molecular formula is C29H30O4. The number of benzene rings is 4. The quantitative estimate of drug-likeness (QED) is 0.312. The first-order valence-corrected chi connectivity index (χ1v) is 11.5. The summed E-state index contributed by atoms with van der Waals surface area (Å²) in [7, 11) is 6.82. The van der Waals surface area contributed by atoms with Crippen molar-refractivity contribution in [1.82, 2.24) is 0 Å². The molecule has 33 heavy (non-hydrogen) atoms. The maximum absolute atomic E-state index is 5.83. The lowest BCUT2D eigenvalue weighted by atomic mass is 9.77. The molecule has 0 aromatic heterocycles. The molecular weight excluding hydrogens is 412 g/mol. The SMILES string of the molecule is COc1ccc(CC2CCCc3c2ccc2c3cc(OC)c3c(OC)cccc32)cc1OC. The number of hydrogen-bond donors (Lipinski definition) is 0. The van der Waals surface area contributed by atoms with Gasteiger partial charge in [-0.05, 0) is 88.7 Å². The Morgan fingerprint density at radius 1 is 0.697 bits per heavy atom. The first kappa shape index (κ1) is 21.4. The Morgan fingerprint density at radius 3 is 2.24 bits per heavy atom. The second-order valence-corrected chi connectivity index (χ2v) is 8.67. The van der Waals surface area contributed by atoms with Gasteiger partial charge in [-0.1, -0.05) is 30.3 Å². The van der Waals surface area contributed by atoms with E-state index in [1.54, 1.807) is 28.4 Å². The number of methoxy groups -OCH3 is 4. The van der Waals surface area contributed by atoms with Gasteiger partial charge >= 0.3 is 0 Å². The Labute approximate surface area is 195 Å². The molecule has 4 aromatic rings. The van der Waals surface area contributed by atoms with E-state index >= 15 is 0 Å². The van der Waals surface area contributed by atoms with E-state index in [4.69, 9.17) is 18.9 Å². The van der Waals surface area contributed by atoms with Crippen LogP contribution < -0.4 is 18.9 Å². The van der Waals surface area contributed by atoms with Gasteiger partial charge in [-0.15, -0.1) is 0 Å². The first-order chi connectivity index (χ1) is 16.2. The molecule has 170 valence electrons. The third kappa shape index (κ3) is 3.64. The van der Waals surface area contributed by atoms with Crippen LogP contribution in [0, 0.1) is 0 Å². The summed E-state index contributed by atoms with van der Waals surface area (Å²) in [5.74, 6) is 3.74. The highest BCUT2D eigenvalue weighted by Crippen LogP contribution is 2.44. The monoisotopic (exact) mass is 442 g/mol.